The van der Waals surface area contributed by atoms with Crippen molar-refractivity contribution in [2.24, 2.45) is 0 Å². The van der Waals surface area contributed by atoms with E-state index in [1.54, 1.807) is 36.4 Å². The van der Waals surface area contributed by atoms with Gasteiger partial charge in [0, 0.05) is 29.7 Å². The largest absolute Gasteiger partial charge is 0.436 e. The summed E-state index contributed by atoms with van der Waals surface area (Å²) in [6.45, 7) is 0. The molecule has 1 aliphatic heterocycles. The molecule has 7 heteroatoms. The molecule has 0 unspecified atom stereocenters. The van der Waals surface area contributed by atoms with E-state index in [1.165, 1.54) is 0 Å². The third-order valence-corrected chi connectivity index (χ3v) is 5.10. The number of amides is 3. The minimum atomic E-state index is -0.337. The van der Waals surface area contributed by atoms with Gasteiger partial charge in [-0.2, -0.15) is 0 Å². The number of fused-ring (bicyclic) bond motifs is 1. The van der Waals surface area contributed by atoms with Crippen LogP contribution in [0.1, 0.15) is 23.2 Å². The lowest BCUT2D eigenvalue weighted by Gasteiger charge is -2.14. The smallest absolute Gasteiger partial charge is 0.255 e. The van der Waals surface area contributed by atoms with E-state index < -0.39 is 0 Å². The molecule has 1 aliphatic rings. The number of nitrogens with zero attached hydrogens (tertiary/aromatic N) is 2. The first-order valence-corrected chi connectivity index (χ1v) is 9.82. The van der Waals surface area contributed by atoms with E-state index in [9.17, 15) is 14.4 Å². The second kappa shape index (κ2) is 7.53. The fourth-order valence-electron chi connectivity index (χ4n) is 3.55. The maximum Gasteiger partial charge on any atom is 0.255 e. The summed E-state index contributed by atoms with van der Waals surface area (Å²) in [4.78, 5) is 42.2. The zero-order valence-corrected chi connectivity index (χ0v) is 16.4. The van der Waals surface area contributed by atoms with Gasteiger partial charge >= 0.3 is 0 Å². The highest BCUT2D eigenvalue weighted by Gasteiger charge is 2.30. The minimum Gasteiger partial charge on any atom is -0.436 e. The maximum absolute atomic E-state index is 12.7. The van der Waals surface area contributed by atoms with E-state index in [2.05, 4.69) is 10.3 Å². The molecule has 5 rings (SSSR count). The quantitative estimate of drug-likeness (QED) is 0.503. The van der Waals surface area contributed by atoms with E-state index in [0.717, 1.165) is 16.0 Å². The number of benzene rings is 3. The van der Waals surface area contributed by atoms with E-state index in [0.29, 0.717) is 28.4 Å². The highest BCUT2D eigenvalue weighted by molar-refractivity contribution is 6.20. The summed E-state index contributed by atoms with van der Waals surface area (Å²) in [5, 5.41) is 2.83. The van der Waals surface area contributed by atoms with Crippen LogP contribution in [-0.2, 0) is 9.59 Å². The number of carbonyl (C=O) groups excluding carboxylic acids is 3. The third kappa shape index (κ3) is 3.57. The molecule has 0 aliphatic carbocycles. The van der Waals surface area contributed by atoms with Gasteiger partial charge in [-0.1, -0.05) is 18.2 Å². The second-order valence-electron chi connectivity index (χ2n) is 7.19. The molecule has 1 saturated heterocycles. The van der Waals surface area contributed by atoms with Gasteiger partial charge in [-0.3, -0.25) is 19.3 Å². The normalized spacial score (nSPS) is 13.7. The van der Waals surface area contributed by atoms with E-state index in [1.807, 2.05) is 36.4 Å². The van der Waals surface area contributed by atoms with Crippen molar-refractivity contribution < 1.29 is 18.8 Å². The third-order valence-electron chi connectivity index (χ3n) is 5.10. The molecule has 152 valence electrons. The van der Waals surface area contributed by atoms with Gasteiger partial charge in [0.05, 0.1) is 5.69 Å². The Bertz CT molecular complexity index is 1280. The SMILES string of the molecule is O=C(Nc1ccc(-c2nc3ccccc3o2)cc1)c1cccc(N2C(=O)CCC2=O)c1. The lowest BCUT2D eigenvalue weighted by molar-refractivity contribution is -0.121. The topological polar surface area (TPSA) is 92.5 Å². The van der Waals surface area contributed by atoms with Crippen LogP contribution in [0.15, 0.2) is 77.2 Å². The number of carbonyl (C=O) groups is 3. The van der Waals surface area contributed by atoms with E-state index >= 15 is 0 Å². The Hall–Kier alpha value is -4.26. The Morgan fingerprint density at radius 2 is 1.65 bits per heavy atom. The number of nitrogens with one attached hydrogen (secondary N) is 1. The van der Waals surface area contributed by atoms with Crippen molar-refractivity contribution in [2.75, 3.05) is 10.2 Å². The summed E-state index contributed by atoms with van der Waals surface area (Å²) in [7, 11) is 0. The van der Waals surface area contributed by atoms with Gasteiger partial charge in [-0.05, 0) is 54.6 Å². The molecule has 3 amide bonds. The first kappa shape index (κ1) is 18.7. The summed E-state index contributed by atoms with van der Waals surface area (Å²) >= 11 is 0. The molecular formula is C24H17N3O4. The highest BCUT2D eigenvalue weighted by Crippen LogP contribution is 2.26. The Balaban J connectivity index is 1.33. The molecule has 1 aromatic heterocycles. The molecule has 0 radical (unpaired) electrons. The van der Waals surface area contributed by atoms with Crippen molar-refractivity contribution in [3.63, 3.8) is 0 Å². The summed E-state index contributed by atoms with van der Waals surface area (Å²) < 4.78 is 5.77. The van der Waals surface area contributed by atoms with Gasteiger partial charge in [0.1, 0.15) is 5.52 Å². The number of anilines is 2. The van der Waals surface area contributed by atoms with Crippen LogP contribution in [0, 0.1) is 0 Å². The van der Waals surface area contributed by atoms with Gasteiger partial charge in [0.25, 0.3) is 5.91 Å². The predicted molar refractivity (Wildman–Crippen MR) is 116 cm³/mol. The molecule has 0 saturated carbocycles. The van der Waals surface area contributed by atoms with Gasteiger partial charge in [0.15, 0.2) is 5.58 Å². The first-order valence-electron chi connectivity index (χ1n) is 9.82. The molecule has 0 bridgehead atoms. The Kier molecular flexibility index (Phi) is 4.55. The van der Waals surface area contributed by atoms with Crippen LogP contribution in [0.3, 0.4) is 0 Å². The molecule has 0 spiro atoms. The fourth-order valence-corrected chi connectivity index (χ4v) is 3.55. The van der Waals surface area contributed by atoms with Gasteiger partial charge in [0.2, 0.25) is 17.7 Å². The molecule has 2 heterocycles. The molecule has 1 N–H and O–H groups in total. The predicted octanol–water partition coefficient (Wildman–Crippen LogP) is 4.40. The van der Waals surface area contributed by atoms with Crippen LogP contribution in [0.2, 0.25) is 0 Å². The van der Waals surface area contributed by atoms with E-state index in [4.69, 9.17) is 4.42 Å². The number of aromatic nitrogens is 1. The monoisotopic (exact) mass is 411 g/mol. The van der Waals surface area contributed by atoms with Crippen molar-refractivity contribution in [3.05, 3.63) is 78.4 Å². The lowest BCUT2D eigenvalue weighted by atomic mass is 10.1. The van der Waals surface area contributed by atoms with Crippen molar-refractivity contribution >= 4 is 40.2 Å². The second-order valence-corrected chi connectivity index (χ2v) is 7.19. The summed E-state index contributed by atoms with van der Waals surface area (Å²) in [5.41, 5.74) is 3.65. The van der Waals surface area contributed by atoms with Gasteiger partial charge < -0.3 is 9.73 Å². The molecule has 1 fully saturated rings. The molecule has 0 atom stereocenters. The van der Waals surface area contributed by atoms with Crippen LogP contribution >= 0.6 is 0 Å². The first-order chi connectivity index (χ1) is 15.1. The van der Waals surface area contributed by atoms with E-state index in [-0.39, 0.29) is 30.6 Å². The molecule has 3 aromatic carbocycles. The maximum atomic E-state index is 12.7. The number of imide groups is 1. The van der Waals surface area contributed by atoms with Crippen molar-refractivity contribution in [1.29, 1.82) is 0 Å². The summed E-state index contributed by atoms with van der Waals surface area (Å²) in [5.74, 6) is -0.336. The number of rotatable bonds is 4. The van der Waals surface area contributed by atoms with Crippen molar-refractivity contribution in [3.8, 4) is 11.5 Å². The number of oxazole rings is 1. The standard InChI is InChI=1S/C24H17N3O4/c28-21-12-13-22(29)27(21)18-5-3-4-16(14-18)23(30)25-17-10-8-15(9-11-17)24-26-19-6-1-2-7-20(19)31-24/h1-11,14H,12-13H2,(H,25,30). The van der Waals surface area contributed by atoms with Crippen LogP contribution in [0.4, 0.5) is 11.4 Å². The molecule has 4 aromatic rings. The van der Waals surface area contributed by atoms with Crippen molar-refractivity contribution in [1.82, 2.24) is 4.98 Å². The average molecular weight is 411 g/mol. The zero-order chi connectivity index (χ0) is 21.4. The Morgan fingerprint density at radius 3 is 2.39 bits per heavy atom. The Labute approximate surface area is 177 Å². The van der Waals surface area contributed by atoms with Crippen LogP contribution in [-0.4, -0.2) is 22.7 Å². The van der Waals surface area contributed by atoms with Crippen LogP contribution in [0.5, 0.6) is 0 Å². The average Bonchev–Trinajstić information content (AvgIpc) is 3.37. The number of para-hydroxylation sites is 2. The molecule has 31 heavy (non-hydrogen) atoms. The van der Waals surface area contributed by atoms with Gasteiger partial charge in [-0.25, -0.2) is 4.98 Å². The minimum absolute atomic E-state index is 0.196. The van der Waals surface area contributed by atoms with Crippen molar-refractivity contribution in [2.45, 2.75) is 12.8 Å². The van der Waals surface area contributed by atoms with Crippen LogP contribution < -0.4 is 10.2 Å². The zero-order valence-electron chi connectivity index (χ0n) is 16.4. The number of hydrogen-bond donors (Lipinski definition) is 1. The lowest BCUT2D eigenvalue weighted by Crippen LogP contribution is -2.28. The molecular weight excluding hydrogens is 394 g/mol. The van der Waals surface area contributed by atoms with Gasteiger partial charge in [-0.15, -0.1) is 0 Å². The number of hydrogen-bond acceptors (Lipinski definition) is 5. The summed E-state index contributed by atoms with van der Waals surface area (Å²) in [6, 6.07) is 21.2. The highest BCUT2D eigenvalue weighted by atomic mass is 16.3. The fraction of sp³-hybridized carbons (Fsp3) is 0.0833. The Morgan fingerprint density at radius 1 is 0.903 bits per heavy atom. The molecule has 7 nitrogen and oxygen atoms in total. The van der Waals surface area contributed by atoms with Crippen LogP contribution in [0.25, 0.3) is 22.6 Å². The summed E-state index contributed by atoms with van der Waals surface area (Å²) in [6.07, 6.45) is 0.392.